The number of aliphatic hydroxyl groups excluding tert-OH is 1. The fraction of sp³-hybridized carbons (Fsp3) is 0.462. The number of aliphatic carboxylic acids is 1. The van der Waals surface area contributed by atoms with E-state index in [0.29, 0.717) is 5.02 Å². The molecule has 98 valence electrons. The Bertz CT molecular complexity index is 444. The highest BCUT2D eigenvalue weighted by atomic mass is 35.5. The Morgan fingerprint density at radius 1 is 1.39 bits per heavy atom. The van der Waals surface area contributed by atoms with E-state index in [1.165, 1.54) is 12.8 Å². The van der Waals surface area contributed by atoms with Crippen molar-refractivity contribution in [2.45, 2.75) is 25.5 Å². The van der Waals surface area contributed by atoms with E-state index >= 15 is 0 Å². The molecule has 0 aromatic heterocycles. The minimum absolute atomic E-state index is 0.245. The Kier molecular flexibility index (Phi) is 4.22. The summed E-state index contributed by atoms with van der Waals surface area (Å²) in [5.74, 6) is -1.29. The SMILES string of the molecule is O=C(O)C(O)c1ccc(CN2CCCC2)cc1Cl. The van der Waals surface area contributed by atoms with Crippen molar-refractivity contribution in [1.82, 2.24) is 4.90 Å². The summed E-state index contributed by atoms with van der Waals surface area (Å²) in [4.78, 5) is 13.0. The van der Waals surface area contributed by atoms with Gasteiger partial charge in [0, 0.05) is 17.1 Å². The van der Waals surface area contributed by atoms with E-state index in [1.807, 2.05) is 6.07 Å². The second kappa shape index (κ2) is 5.69. The molecule has 1 aliphatic rings. The van der Waals surface area contributed by atoms with Crippen molar-refractivity contribution in [3.63, 3.8) is 0 Å². The van der Waals surface area contributed by atoms with Crippen LogP contribution in [0.15, 0.2) is 18.2 Å². The van der Waals surface area contributed by atoms with Gasteiger partial charge in [-0.1, -0.05) is 23.7 Å². The fourth-order valence-corrected chi connectivity index (χ4v) is 2.53. The van der Waals surface area contributed by atoms with Gasteiger partial charge in [-0.15, -0.1) is 0 Å². The van der Waals surface area contributed by atoms with Gasteiger partial charge in [-0.25, -0.2) is 4.79 Å². The van der Waals surface area contributed by atoms with Crippen molar-refractivity contribution in [2.75, 3.05) is 13.1 Å². The van der Waals surface area contributed by atoms with Gasteiger partial charge >= 0.3 is 5.97 Å². The lowest BCUT2D eigenvalue weighted by Crippen LogP contribution is -2.18. The predicted octanol–water partition coefficient (Wildman–Crippen LogP) is 2.05. The lowest BCUT2D eigenvalue weighted by Gasteiger charge is -2.16. The number of carboxylic acid groups (broad SMARTS) is 1. The Labute approximate surface area is 111 Å². The van der Waals surface area contributed by atoms with Gasteiger partial charge in [0.25, 0.3) is 0 Å². The second-order valence-electron chi connectivity index (χ2n) is 4.58. The first-order valence-electron chi connectivity index (χ1n) is 5.99. The summed E-state index contributed by atoms with van der Waals surface area (Å²) < 4.78 is 0. The standard InChI is InChI=1S/C13H16ClNO3/c14-11-7-9(8-15-5-1-2-6-15)3-4-10(11)12(16)13(17)18/h3-4,7,12,16H,1-2,5-6,8H2,(H,17,18). The molecule has 1 aromatic carbocycles. The largest absolute Gasteiger partial charge is 0.479 e. The lowest BCUT2D eigenvalue weighted by atomic mass is 10.1. The molecule has 1 aliphatic heterocycles. The molecule has 1 heterocycles. The maximum atomic E-state index is 10.7. The van der Waals surface area contributed by atoms with Crippen LogP contribution in [-0.4, -0.2) is 34.2 Å². The van der Waals surface area contributed by atoms with E-state index in [4.69, 9.17) is 16.7 Å². The number of aliphatic hydroxyl groups is 1. The zero-order valence-electron chi connectivity index (χ0n) is 9.97. The third-order valence-electron chi connectivity index (χ3n) is 3.20. The van der Waals surface area contributed by atoms with Crippen LogP contribution in [0.1, 0.15) is 30.1 Å². The van der Waals surface area contributed by atoms with E-state index in [9.17, 15) is 9.90 Å². The third-order valence-corrected chi connectivity index (χ3v) is 3.53. The average molecular weight is 270 g/mol. The molecule has 0 radical (unpaired) electrons. The number of likely N-dealkylation sites (tertiary alicyclic amines) is 1. The Morgan fingerprint density at radius 2 is 2.06 bits per heavy atom. The number of hydrogen-bond acceptors (Lipinski definition) is 3. The van der Waals surface area contributed by atoms with Crippen molar-refractivity contribution < 1.29 is 15.0 Å². The molecule has 0 saturated carbocycles. The minimum Gasteiger partial charge on any atom is -0.479 e. The number of rotatable bonds is 4. The number of nitrogens with zero attached hydrogens (tertiary/aromatic N) is 1. The molecule has 2 rings (SSSR count). The van der Waals surface area contributed by atoms with Gasteiger partial charge in [-0.2, -0.15) is 0 Å². The predicted molar refractivity (Wildman–Crippen MR) is 68.6 cm³/mol. The topological polar surface area (TPSA) is 60.8 Å². The summed E-state index contributed by atoms with van der Waals surface area (Å²) in [6, 6.07) is 5.15. The molecule has 1 aromatic rings. The maximum absolute atomic E-state index is 10.7. The first-order chi connectivity index (χ1) is 8.58. The van der Waals surface area contributed by atoms with Gasteiger partial charge in [0.1, 0.15) is 0 Å². The fourth-order valence-electron chi connectivity index (χ4n) is 2.22. The Balaban J connectivity index is 2.11. The van der Waals surface area contributed by atoms with Crippen LogP contribution in [-0.2, 0) is 11.3 Å². The molecule has 5 heteroatoms. The first-order valence-corrected chi connectivity index (χ1v) is 6.37. The normalized spacial score (nSPS) is 17.9. The molecule has 1 saturated heterocycles. The Hall–Kier alpha value is -1.10. The quantitative estimate of drug-likeness (QED) is 0.878. The van der Waals surface area contributed by atoms with Gasteiger partial charge in [0.15, 0.2) is 6.10 Å². The van der Waals surface area contributed by atoms with Crippen LogP contribution in [0.5, 0.6) is 0 Å². The average Bonchev–Trinajstić information content (AvgIpc) is 2.81. The molecular weight excluding hydrogens is 254 g/mol. The number of carbonyl (C=O) groups is 1. The molecule has 0 spiro atoms. The van der Waals surface area contributed by atoms with Crippen molar-refractivity contribution in [1.29, 1.82) is 0 Å². The molecule has 0 bridgehead atoms. The first kappa shape index (κ1) is 13.3. The molecule has 1 unspecified atom stereocenters. The summed E-state index contributed by atoms with van der Waals surface area (Å²) in [7, 11) is 0. The van der Waals surface area contributed by atoms with Gasteiger partial charge in [0.05, 0.1) is 0 Å². The zero-order chi connectivity index (χ0) is 13.1. The van der Waals surface area contributed by atoms with Gasteiger partial charge in [0.2, 0.25) is 0 Å². The number of benzene rings is 1. The number of carboxylic acids is 1. The molecule has 1 fully saturated rings. The van der Waals surface area contributed by atoms with Gasteiger partial charge < -0.3 is 10.2 Å². The van der Waals surface area contributed by atoms with E-state index in [1.54, 1.807) is 12.1 Å². The van der Waals surface area contributed by atoms with Crippen LogP contribution in [0.2, 0.25) is 5.02 Å². The molecule has 0 amide bonds. The summed E-state index contributed by atoms with van der Waals surface area (Å²) in [5, 5.41) is 18.5. The zero-order valence-corrected chi connectivity index (χ0v) is 10.7. The molecule has 2 N–H and O–H groups in total. The maximum Gasteiger partial charge on any atom is 0.337 e. The van der Waals surface area contributed by atoms with Crippen molar-refractivity contribution in [3.8, 4) is 0 Å². The summed E-state index contributed by atoms with van der Waals surface area (Å²) in [5.41, 5.74) is 1.29. The monoisotopic (exact) mass is 269 g/mol. The minimum atomic E-state index is -1.56. The van der Waals surface area contributed by atoms with E-state index in [-0.39, 0.29) is 5.56 Å². The van der Waals surface area contributed by atoms with Crippen LogP contribution >= 0.6 is 11.6 Å². The highest BCUT2D eigenvalue weighted by molar-refractivity contribution is 6.31. The summed E-state index contributed by atoms with van der Waals surface area (Å²) in [6.45, 7) is 3.01. The summed E-state index contributed by atoms with van der Waals surface area (Å²) in [6.07, 6.45) is 0.894. The molecule has 4 nitrogen and oxygen atoms in total. The Morgan fingerprint density at radius 3 is 2.61 bits per heavy atom. The van der Waals surface area contributed by atoms with Crippen LogP contribution in [0.4, 0.5) is 0 Å². The lowest BCUT2D eigenvalue weighted by molar-refractivity contribution is -0.146. The highest BCUT2D eigenvalue weighted by Gasteiger charge is 2.19. The molecular formula is C13H16ClNO3. The summed E-state index contributed by atoms with van der Waals surface area (Å²) >= 11 is 6.01. The molecule has 1 atom stereocenters. The van der Waals surface area contributed by atoms with Gasteiger partial charge in [-0.05, 0) is 37.6 Å². The number of halogens is 1. The van der Waals surface area contributed by atoms with Crippen LogP contribution < -0.4 is 0 Å². The van der Waals surface area contributed by atoms with Crippen LogP contribution in [0.3, 0.4) is 0 Å². The van der Waals surface area contributed by atoms with E-state index < -0.39 is 12.1 Å². The second-order valence-corrected chi connectivity index (χ2v) is 4.99. The van der Waals surface area contributed by atoms with Crippen LogP contribution in [0.25, 0.3) is 0 Å². The van der Waals surface area contributed by atoms with E-state index in [2.05, 4.69) is 4.90 Å². The van der Waals surface area contributed by atoms with Gasteiger partial charge in [-0.3, -0.25) is 4.90 Å². The van der Waals surface area contributed by atoms with Crippen molar-refractivity contribution in [2.24, 2.45) is 0 Å². The number of hydrogen-bond donors (Lipinski definition) is 2. The smallest absolute Gasteiger partial charge is 0.337 e. The molecule has 0 aliphatic carbocycles. The van der Waals surface area contributed by atoms with Crippen molar-refractivity contribution >= 4 is 17.6 Å². The highest BCUT2D eigenvalue weighted by Crippen LogP contribution is 2.25. The third kappa shape index (κ3) is 3.02. The molecule has 18 heavy (non-hydrogen) atoms. The van der Waals surface area contributed by atoms with E-state index in [0.717, 1.165) is 25.2 Å². The van der Waals surface area contributed by atoms with Crippen molar-refractivity contribution in [3.05, 3.63) is 34.3 Å². The van der Waals surface area contributed by atoms with Crippen LogP contribution in [0, 0.1) is 0 Å².